The van der Waals surface area contributed by atoms with E-state index in [0.29, 0.717) is 30.1 Å². The molecule has 9 heteroatoms. The molecule has 0 aliphatic carbocycles. The number of rotatable bonds is 9. The lowest BCUT2D eigenvalue weighted by Gasteiger charge is -2.14. The Bertz CT molecular complexity index is 1050. The molecule has 3 rings (SSSR count). The van der Waals surface area contributed by atoms with E-state index >= 15 is 0 Å². The summed E-state index contributed by atoms with van der Waals surface area (Å²) in [7, 11) is 0. The summed E-state index contributed by atoms with van der Waals surface area (Å²) in [4.78, 5) is 16.2. The highest BCUT2D eigenvalue weighted by molar-refractivity contribution is 5.73. The third-order valence-electron chi connectivity index (χ3n) is 4.39. The van der Waals surface area contributed by atoms with Crippen LogP contribution in [-0.2, 0) is 6.54 Å². The summed E-state index contributed by atoms with van der Waals surface area (Å²) in [5.74, 6) is -0.0929. The Morgan fingerprint density at radius 2 is 1.88 bits per heavy atom. The summed E-state index contributed by atoms with van der Waals surface area (Å²) in [5.41, 5.74) is 0.619. The molecule has 32 heavy (non-hydrogen) atoms. The molecule has 1 unspecified atom stereocenters. The van der Waals surface area contributed by atoms with Crippen molar-refractivity contribution in [2.75, 3.05) is 13.2 Å². The molecular formula is C23H23F2N3O4. The zero-order chi connectivity index (χ0) is 22.9. The maximum absolute atomic E-state index is 13.7. The first-order valence-electron chi connectivity index (χ1n) is 9.95. The van der Waals surface area contributed by atoms with Crippen LogP contribution in [0.2, 0.25) is 0 Å². The van der Waals surface area contributed by atoms with Gasteiger partial charge in [0.1, 0.15) is 11.6 Å². The van der Waals surface area contributed by atoms with E-state index in [9.17, 15) is 18.7 Å². The van der Waals surface area contributed by atoms with Gasteiger partial charge in [0.2, 0.25) is 5.88 Å². The lowest BCUT2D eigenvalue weighted by atomic mass is 10.1. The van der Waals surface area contributed by atoms with Crippen molar-refractivity contribution in [3.63, 3.8) is 0 Å². The predicted octanol–water partition coefficient (Wildman–Crippen LogP) is 4.08. The van der Waals surface area contributed by atoms with Crippen molar-refractivity contribution in [3.8, 4) is 17.4 Å². The Balaban J connectivity index is 1.47. The minimum Gasteiger partial charge on any atom is -0.490 e. The van der Waals surface area contributed by atoms with Crippen molar-refractivity contribution in [2.24, 2.45) is 0 Å². The molecule has 3 N–H and O–H groups in total. The van der Waals surface area contributed by atoms with E-state index in [-0.39, 0.29) is 18.7 Å². The molecule has 1 heterocycles. The van der Waals surface area contributed by atoms with Crippen molar-refractivity contribution in [2.45, 2.75) is 19.6 Å². The minimum atomic E-state index is -1.31. The quantitative estimate of drug-likeness (QED) is 0.463. The number of carbonyl (C=O) groups excluding carboxylic acids is 1. The van der Waals surface area contributed by atoms with Gasteiger partial charge >= 0.3 is 6.03 Å². The second-order valence-electron chi connectivity index (χ2n) is 6.73. The monoisotopic (exact) mass is 443 g/mol. The van der Waals surface area contributed by atoms with Gasteiger partial charge in [-0.05, 0) is 30.7 Å². The molecule has 0 radical (unpaired) electrons. The van der Waals surface area contributed by atoms with Gasteiger partial charge in [0.05, 0.1) is 12.7 Å². The van der Waals surface area contributed by atoms with Crippen molar-refractivity contribution in [1.82, 2.24) is 15.6 Å². The van der Waals surface area contributed by atoms with Crippen LogP contribution in [0.1, 0.15) is 24.2 Å². The Hall–Kier alpha value is -3.72. The Kier molecular flexibility index (Phi) is 7.93. The van der Waals surface area contributed by atoms with E-state index in [4.69, 9.17) is 9.47 Å². The highest BCUT2D eigenvalue weighted by Gasteiger charge is 2.14. The van der Waals surface area contributed by atoms with Crippen LogP contribution in [0.3, 0.4) is 0 Å². The van der Waals surface area contributed by atoms with E-state index in [0.717, 1.165) is 17.7 Å². The van der Waals surface area contributed by atoms with E-state index in [2.05, 4.69) is 15.6 Å². The van der Waals surface area contributed by atoms with Gasteiger partial charge < -0.3 is 25.2 Å². The number of pyridine rings is 1. The number of amides is 2. The predicted molar refractivity (Wildman–Crippen MR) is 113 cm³/mol. The number of aromatic nitrogens is 1. The summed E-state index contributed by atoms with van der Waals surface area (Å²) in [5, 5.41) is 15.0. The normalized spacial score (nSPS) is 11.5. The highest BCUT2D eigenvalue weighted by Crippen LogP contribution is 2.30. The van der Waals surface area contributed by atoms with Crippen LogP contribution in [0.25, 0.3) is 0 Å². The van der Waals surface area contributed by atoms with Crippen LogP contribution in [-0.4, -0.2) is 29.3 Å². The molecule has 1 aromatic heterocycles. The molecule has 0 bridgehead atoms. The molecule has 0 saturated heterocycles. The lowest BCUT2D eigenvalue weighted by Crippen LogP contribution is -2.37. The number of hydrogen-bond acceptors (Lipinski definition) is 5. The molecule has 7 nitrogen and oxygen atoms in total. The van der Waals surface area contributed by atoms with Gasteiger partial charge in [-0.3, -0.25) is 0 Å². The van der Waals surface area contributed by atoms with Gasteiger partial charge in [-0.2, -0.15) is 0 Å². The smallest absolute Gasteiger partial charge is 0.315 e. The molecule has 0 aliphatic rings. The number of hydrogen-bond donors (Lipinski definition) is 3. The first kappa shape index (κ1) is 23.0. The summed E-state index contributed by atoms with van der Waals surface area (Å²) >= 11 is 0. The van der Waals surface area contributed by atoms with E-state index in [1.807, 2.05) is 19.1 Å². The van der Waals surface area contributed by atoms with Gasteiger partial charge in [-0.15, -0.1) is 0 Å². The first-order valence-corrected chi connectivity index (χ1v) is 9.95. The molecule has 3 aromatic rings. The number of aliphatic hydroxyl groups is 1. The Labute approximate surface area is 184 Å². The van der Waals surface area contributed by atoms with Gasteiger partial charge in [0.25, 0.3) is 0 Å². The van der Waals surface area contributed by atoms with Crippen molar-refractivity contribution in [3.05, 3.63) is 83.6 Å². The van der Waals surface area contributed by atoms with Crippen molar-refractivity contribution >= 4 is 6.03 Å². The zero-order valence-electron chi connectivity index (χ0n) is 17.3. The first-order chi connectivity index (χ1) is 15.5. The fourth-order valence-corrected chi connectivity index (χ4v) is 2.81. The lowest BCUT2D eigenvalue weighted by molar-refractivity contribution is 0.168. The van der Waals surface area contributed by atoms with E-state index < -0.39 is 23.8 Å². The molecule has 168 valence electrons. The standard InChI is InChI=1S/C23H23F2N3O4/c1-2-31-20-5-3-4-6-21(20)32-22-10-7-15(12-26-22)13-27-23(30)28-14-19(29)17-9-8-16(24)11-18(17)25/h3-12,19,29H,2,13-14H2,1H3,(H2,27,28,30). The molecule has 0 aliphatic heterocycles. The van der Waals surface area contributed by atoms with Gasteiger partial charge in [-0.25, -0.2) is 18.6 Å². The molecule has 2 amide bonds. The SMILES string of the molecule is CCOc1ccccc1Oc1ccc(CNC(=O)NCC(O)c2ccc(F)cc2F)cn1. The molecule has 0 spiro atoms. The molecule has 1 atom stereocenters. The van der Waals surface area contributed by atoms with E-state index in [1.165, 1.54) is 0 Å². The van der Waals surface area contributed by atoms with Gasteiger partial charge in [-0.1, -0.05) is 24.3 Å². The molecule has 0 fully saturated rings. The number of carbonyl (C=O) groups is 1. The Morgan fingerprint density at radius 3 is 2.56 bits per heavy atom. The van der Waals surface area contributed by atoms with Crippen LogP contribution >= 0.6 is 0 Å². The highest BCUT2D eigenvalue weighted by atomic mass is 19.1. The maximum atomic E-state index is 13.7. The van der Waals surface area contributed by atoms with Crippen LogP contribution in [0.5, 0.6) is 17.4 Å². The van der Waals surface area contributed by atoms with E-state index in [1.54, 1.807) is 30.5 Å². The summed E-state index contributed by atoms with van der Waals surface area (Å²) in [6.07, 6.45) is 0.251. The minimum absolute atomic E-state index is 0.0996. The van der Waals surface area contributed by atoms with Crippen LogP contribution in [0.15, 0.2) is 60.8 Å². The number of halogens is 2. The second kappa shape index (κ2) is 11.1. The number of aliphatic hydroxyl groups excluding tert-OH is 1. The van der Waals surface area contributed by atoms with Crippen LogP contribution in [0, 0.1) is 11.6 Å². The molecular weight excluding hydrogens is 420 g/mol. The number of nitrogens with zero attached hydrogens (tertiary/aromatic N) is 1. The topological polar surface area (TPSA) is 92.7 Å². The summed E-state index contributed by atoms with van der Waals surface area (Å²) in [6.45, 7) is 2.33. The third-order valence-corrected chi connectivity index (χ3v) is 4.39. The average molecular weight is 443 g/mol. The molecule has 2 aromatic carbocycles. The maximum Gasteiger partial charge on any atom is 0.315 e. The second-order valence-corrected chi connectivity index (χ2v) is 6.73. The van der Waals surface area contributed by atoms with Gasteiger partial charge in [0.15, 0.2) is 11.5 Å². The van der Waals surface area contributed by atoms with Crippen LogP contribution in [0.4, 0.5) is 13.6 Å². The number of urea groups is 1. The van der Waals surface area contributed by atoms with Gasteiger partial charge in [0, 0.05) is 37.0 Å². The number of ether oxygens (including phenoxy) is 2. The number of benzene rings is 2. The fourth-order valence-electron chi connectivity index (χ4n) is 2.81. The number of nitrogens with one attached hydrogen (secondary N) is 2. The average Bonchev–Trinajstić information content (AvgIpc) is 2.78. The van der Waals surface area contributed by atoms with Crippen molar-refractivity contribution in [1.29, 1.82) is 0 Å². The molecule has 0 saturated carbocycles. The number of para-hydroxylation sites is 2. The van der Waals surface area contributed by atoms with Crippen LogP contribution < -0.4 is 20.1 Å². The summed E-state index contributed by atoms with van der Waals surface area (Å²) < 4.78 is 37.9. The third kappa shape index (κ3) is 6.39. The Morgan fingerprint density at radius 1 is 1.09 bits per heavy atom. The fraction of sp³-hybridized carbons (Fsp3) is 0.217. The van der Waals surface area contributed by atoms with Crippen molar-refractivity contribution < 1.29 is 28.2 Å². The zero-order valence-corrected chi connectivity index (χ0v) is 17.3. The largest absolute Gasteiger partial charge is 0.490 e. The summed E-state index contributed by atoms with van der Waals surface area (Å²) in [6, 6.07) is 13.0.